The Morgan fingerprint density at radius 1 is 1.40 bits per heavy atom. The minimum Gasteiger partial charge on any atom is -0.462 e. The number of ether oxygens (including phenoxy) is 1. The minimum atomic E-state index is -0.396. The number of anilines is 1. The van der Waals surface area contributed by atoms with Crippen LogP contribution in [0.2, 0.25) is 0 Å². The van der Waals surface area contributed by atoms with Crippen molar-refractivity contribution in [1.82, 2.24) is 9.97 Å². The molecule has 112 valence electrons. The zero-order valence-electron chi connectivity index (χ0n) is 12.7. The van der Waals surface area contributed by atoms with Crippen molar-refractivity contribution in [3.05, 3.63) is 17.5 Å². The van der Waals surface area contributed by atoms with Crippen molar-refractivity contribution in [2.24, 2.45) is 5.73 Å². The maximum absolute atomic E-state index is 11.7. The zero-order chi connectivity index (χ0) is 15.2. The van der Waals surface area contributed by atoms with Gasteiger partial charge in [-0.1, -0.05) is 13.8 Å². The summed E-state index contributed by atoms with van der Waals surface area (Å²) in [5.74, 6) is 0.0947. The Labute approximate surface area is 120 Å². The lowest BCUT2D eigenvalue weighted by Gasteiger charge is -2.31. The molecule has 0 saturated heterocycles. The van der Waals surface area contributed by atoms with E-state index in [0.717, 1.165) is 12.8 Å². The smallest absolute Gasteiger partial charge is 0.341 e. The van der Waals surface area contributed by atoms with Gasteiger partial charge in [-0.25, -0.2) is 14.8 Å². The molecule has 0 aliphatic heterocycles. The van der Waals surface area contributed by atoms with Crippen molar-refractivity contribution in [2.45, 2.75) is 46.1 Å². The molecule has 0 aliphatic rings. The zero-order valence-corrected chi connectivity index (χ0v) is 12.7. The second-order valence-electron chi connectivity index (χ2n) is 4.73. The largest absolute Gasteiger partial charge is 0.462 e. The lowest BCUT2D eigenvalue weighted by molar-refractivity contribution is 0.0524. The molecule has 0 aromatic carbocycles. The molecule has 1 aromatic heterocycles. The quantitative estimate of drug-likeness (QED) is 0.741. The SMILES string of the molecule is CCOC(=O)c1cnc(NC(CC)(CC)CN)nc1C. The van der Waals surface area contributed by atoms with Crippen LogP contribution in [0.5, 0.6) is 0 Å². The van der Waals surface area contributed by atoms with Crippen molar-refractivity contribution < 1.29 is 9.53 Å². The third kappa shape index (κ3) is 3.66. The van der Waals surface area contributed by atoms with Crippen LogP contribution in [0.3, 0.4) is 0 Å². The molecule has 1 aromatic rings. The Morgan fingerprint density at radius 3 is 2.50 bits per heavy atom. The standard InChI is InChI=1S/C14H24N4O2/c1-5-14(6-2,9-15)18-13-16-8-11(10(4)17-13)12(19)20-7-3/h8H,5-7,9,15H2,1-4H3,(H,16,17,18). The van der Waals surface area contributed by atoms with Crippen molar-refractivity contribution in [3.8, 4) is 0 Å². The van der Waals surface area contributed by atoms with Crippen molar-refractivity contribution in [1.29, 1.82) is 0 Å². The average molecular weight is 280 g/mol. The Bertz CT molecular complexity index is 450. The predicted octanol–water partition coefficient (Wildman–Crippen LogP) is 1.89. The molecule has 0 saturated carbocycles. The van der Waals surface area contributed by atoms with Crippen LogP contribution in [0.25, 0.3) is 0 Å². The van der Waals surface area contributed by atoms with E-state index < -0.39 is 5.97 Å². The number of hydrogen-bond acceptors (Lipinski definition) is 6. The number of nitrogens with one attached hydrogen (secondary N) is 1. The van der Waals surface area contributed by atoms with Gasteiger partial charge < -0.3 is 15.8 Å². The number of hydrogen-bond donors (Lipinski definition) is 2. The van der Waals surface area contributed by atoms with Crippen LogP contribution in [-0.4, -0.2) is 34.6 Å². The Kier molecular flexibility index (Phi) is 5.88. The van der Waals surface area contributed by atoms with Gasteiger partial charge in [0.2, 0.25) is 5.95 Å². The molecule has 0 atom stereocenters. The van der Waals surface area contributed by atoms with Crippen LogP contribution < -0.4 is 11.1 Å². The molecule has 1 rings (SSSR count). The van der Waals surface area contributed by atoms with Crippen LogP contribution in [0, 0.1) is 6.92 Å². The van der Waals surface area contributed by atoms with Gasteiger partial charge in [0.15, 0.2) is 0 Å². The molecule has 0 bridgehead atoms. The summed E-state index contributed by atoms with van der Waals surface area (Å²) in [6.45, 7) is 8.51. The van der Waals surface area contributed by atoms with Crippen LogP contribution in [-0.2, 0) is 4.74 Å². The molecule has 0 unspecified atom stereocenters. The van der Waals surface area contributed by atoms with Gasteiger partial charge in [-0.05, 0) is 26.7 Å². The van der Waals surface area contributed by atoms with Crippen LogP contribution >= 0.6 is 0 Å². The number of aromatic nitrogens is 2. The van der Waals surface area contributed by atoms with Crippen molar-refractivity contribution in [3.63, 3.8) is 0 Å². The maximum atomic E-state index is 11.7. The summed E-state index contributed by atoms with van der Waals surface area (Å²) in [6.07, 6.45) is 3.25. The monoisotopic (exact) mass is 280 g/mol. The van der Waals surface area contributed by atoms with Gasteiger partial charge in [-0.3, -0.25) is 0 Å². The number of carbonyl (C=O) groups excluding carboxylic acids is 1. The maximum Gasteiger partial charge on any atom is 0.341 e. The highest BCUT2D eigenvalue weighted by molar-refractivity contribution is 5.90. The Balaban J connectivity index is 2.95. The molecule has 3 N–H and O–H groups in total. The van der Waals surface area contributed by atoms with Gasteiger partial charge in [0.1, 0.15) is 0 Å². The van der Waals surface area contributed by atoms with Gasteiger partial charge in [0.25, 0.3) is 0 Å². The minimum absolute atomic E-state index is 0.210. The first-order chi connectivity index (χ1) is 9.51. The highest BCUT2D eigenvalue weighted by atomic mass is 16.5. The number of nitrogens with zero attached hydrogens (tertiary/aromatic N) is 2. The fourth-order valence-electron chi connectivity index (χ4n) is 1.94. The van der Waals surface area contributed by atoms with E-state index in [1.807, 2.05) is 0 Å². The first-order valence-corrected chi connectivity index (χ1v) is 7.00. The summed E-state index contributed by atoms with van der Waals surface area (Å²) in [5, 5.41) is 3.28. The molecule has 0 spiro atoms. The van der Waals surface area contributed by atoms with E-state index in [2.05, 4.69) is 29.1 Å². The van der Waals surface area contributed by atoms with Gasteiger partial charge in [0, 0.05) is 12.7 Å². The Morgan fingerprint density at radius 2 is 2.05 bits per heavy atom. The molecule has 0 aliphatic carbocycles. The van der Waals surface area contributed by atoms with Crippen molar-refractivity contribution in [2.75, 3.05) is 18.5 Å². The van der Waals surface area contributed by atoms with E-state index in [1.54, 1.807) is 13.8 Å². The fourth-order valence-corrected chi connectivity index (χ4v) is 1.94. The van der Waals surface area contributed by atoms with Crippen LogP contribution in [0.1, 0.15) is 49.7 Å². The third-order valence-corrected chi connectivity index (χ3v) is 3.60. The number of esters is 1. The second-order valence-corrected chi connectivity index (χ2v) is 4.73. The number of nitrogens with two attached hydrogens (primary N) is 1. The summed E-state index contributed by atoms with van der Waals surface area (Å²) in [4.78, 5) is 20.2. The van der Waals surface area contributed by atoms with E-state index in [1.165, 1.54) is 6.20 Å². The lowest BCUT2D eigenvalue weighted by atomic mass is 9.93. The molecule has 0 radical (unpaired) electrons. The summed E-state index contributed by atoms with van der Waals surface area (Å²) in [5.41, 5.74) is 6.62. The molecule has 0 fully saturated rings. The normalized spacial score (nSPS) is 11.2. The van der Waals surface area contributed by atoms with Crippen LogP contribution in [0.4, 0.5) is 5.95 Å². The van der Waals surface area contributed by atoms with E-state index >= 15 is 0 Å². The number of aryl methyl sites for hydroxylation is 1. The highest BCUT2D eigenvalue weighted by Gasteiger charge is 2.25. The summed E-state index contributed by atoms with van der Waals surface area (Å²) in [6, 6.07) is 0. The van der Waals surface area contributed by atoms with E-state index in [-0.39, 0.29) is 5.54 Å². The van der Waals surface area contributed by atoms with Gasteiger partial charge in [0.05, 0.1) is 23.4 Å². The molecule has 0 amide bonds. The van der Waals surface area contributed by atoms with E-state index in [9.17, 15) is 4.79 Å². The average Bonchev–Trinajstić information content (AvgIpc) is 2.45. The highest BCUT2D eigenvalue weighted by Crippen LogP contribution is 2.19. The van der Waals surface area contributed by atoms with Gasteiger partial charge >= 0.3 is 5.97 Å². The molecular formula is C14H24N4O2. The first-order valence-electron chi connectivity index (χ1n) is 7.00. The number of rotatable bonds is 7. The molecule has 6 nitrogen and oxygen atoms in total. The third-order valence-electron chi connectivity index (χ3n) is 3.60. The van der Waals surface area contributed by atoms with Gasteiger partial charge in [-0.2, -0.15) is 0 Å². The second kappa shape index (κ2) is 7.19. The lowest BCUT2D eigenvalue weighted by Crippen LogP contribution is -2.45. The molecular weight excluding hydrogens is 256 g/mol. The summed E-state index contributed by atoms with van der Waals surface area (Å²) in [7, 11) is 0. The number of carbonyl (C=O) groups is 1. The van der Waals surface area contributed by atoms with E-state index in [4.69, 9.17) is 10.5 Å². The molecule has 6 heteroatoms. The topological polar surface area (TPSA) is 90.1 Å². The molecule has 1 heterocycles. The Hall–Kier alpha value is -1.69. The van der Waals surface area contributed by atoms with Gasteiger partial charge in [-0.15, -0.1) is 0 Å². The molecule has 20 heavy (non-hydrogen) atoms. The van der Waals surface area contributed by atoms with Crippen molar-refractivity contribution >= 4 is 11.9 Å². The summed E-state index contributed by atoms with van der Waals surface area (Å²) < 4.78 is 4.95. The predicted molar refractivity (Wildman–Crippen MR) is 78.7 cm³/mol. The van der Waals surface area contributed by atoms with Crippen LogP contribution in [0.15, 0.2) is 6.20 Å². The fraction of sp³-hybridized carbons (Fsp3) is 0.643. The van der Waals surface area contributed by atoms with E-state index in [0.29, 0.717) is 30.4 Å². The first kappa shape index (κ1) is 16.4. The summed E-state index contributed by atoms with van der Waals surface area (Å²) >= 11 is 0.